The lowest BCUT2D eigenvalue weighted by molar-refractivity contribution is -0.139. The summed E-state index contributed by atoms with van der Waals surface area (Å²) in [5.74, 6) is -0.939. The minimum Gasteiger partial charge on any atom is -0.485 e. The van der Waals surface area contributed by atoms with E-state index < -0.39 is 42.0 Å². The number of ketones is 1. The van der Waals surface area contributed by atoms with Crippen molar-refractivity contribution in [3.05, 3.63) is 69.8 Å². The van der Waals surface area contributed by atoms with Crippen molar-refractivity contribution in [2.24, 2.45) is 0 Å². The molecule has 0 unspecified atom stereocenters. The number of H-pyrrole nitrogens is 1. The van der Waals surface area contributed by atoms with Crippen LogP contribution in [0.1, 0.15) is 21.7 Å². The number of carbonyl (C=O) groups excluding carboxylic acids is 1. The number of fused-ring (bicyclic) bond motifs is 1. The summed E-state index contributed by atoms with van der Waals surface area (Å²) in [6.45, 7) is -1.10. The number of aromatic amines is 1. The number of Topliss-reactive ketones (excluding diaryl/α,β-unsaturated/α-hetero) is 1. The number of alkyl halides is 3. The maximum Gasteiger partial charge on any atom is 0.419 e. The normalized spacial score (nSPS) is 11.6. The molecule has 0 saturated carbocycles. The molecule has 3 rings (SSSR count). The van der Waals surface area contributed by atoms with Crippen LogP contribution in [0.2, 0.25) is 0 Å². The molecule has 1 heterocycles. The number of rotatable bonds is 5. The number of para-hydroxylation sites is 1. The van der Waals surface area contributed by atoms with Gasteiger partial charge in [-0.2, -0.15) is 13.2 Å². The largest absolute Gasteiger partial charge is 0.485 e. The molecule has 0 atom stereocenters. The van der Waals surface area contributed by atoms with Crippen molar-refractivity contribution in [2.75, 3.05) is 6.61 Å². The molecule has 0 bridgehead atoms. The predicted octanol–water partition coefficient (Wildman–Crippen LogP) is 2.70. The van der Waals surface area contributed by atoms with Gasteiger partial charge in [-0.3, -0.25) is 9.59 Å². The first-order valence-corrected chi connectivity index (χ1v) is 7.75. The second kappa shape index (κ2) is 7.20. The summed E-state index contributed by atoms with van der Waals surface area (Å²) < 4.78 is 44.2. The molecule has 0 saturated heterocycles. The van der Waals surface area contributed by atoms with Crippen LogP contribution in [-0.4, -0.2) is 27.5 Å². The van der Waals surface area contributed by atoms with Gasteiger partial charge in [0, 0.05) is 5.56 Å². The SMILES string of the molecule is O=C(CO)c1ccc2c(=O)[nH]c(COc3ccccc3C(F)(F)F)nc2c1. The smallest absolute Gasteiger partial charge is 0.419 e. The van der Waals surface area contributed by atoms with E-state index in [2.05, 4.69) is 9.97 Å². The predicted molar refractivity (Wildman–Crippen MR) is 89.6 cm³/mol. The van der Waals surface area contributed by atoms with E-state index in [0.29, 0.717) is 0 Å². The summed E-state index contributed by atoms with van der Waals surface area (Å²) in [6.07, 6.45) is -4.58. The number of benzene rings is 2. The molecule has 2 aromatic carbocycles. The minimum atomic E-state index is -4.58. The molecule has 0 aliphatic carbocycles. The summed E-state index contributed by atoms with van der Waals surface area (Å²) in [5.41, 5.74) is -1.13. The van der Waals surface area contributed by atoms with E-state index >= 15 is 0 Å². The van der Waals surface area contributed by atoms with Crippen LogP contribution in [0.4, 0.5) is 13.2 Å². The van der Waals surface area contributed by atoms with Crippen LogP contribution in [-0.2, 0) is 12.8 Å². The van der Waals surface area contributed by atoms with Gasteiger partial charge in [-0.05, 0) is 24.3 Å². The third-order valence-corrected chi connectivity index (χ3v) is 3.78. The Morgan fingerprint density at radius 2 is 1.93 bits per heavy atom. The Hall–Kier alpha value is -3.20. The summed E-state index contributed by atoms with van der Waals surface area (Å²) in [6, 6.07) is 8.79. The summed E-state index contributed by atoms with van der Waals surface area (Å²) in [5, 5.41) is 9.12. The fourth-order valence-corrected chi connectivity index (χ4v) is 2.49. The van der Waals surface area contributed by atoms with Crippen molar-refractivity contribution in [2.45, 2.75) is 12.8 Å². The van der Waals surface area contributed by atoms with E-state index in [-0.39, 0.29) is 22.3 Å². The quantitative estimate of drug-likeness (QED) is 0.666. The average molecular weight is 378 g/mol. The molecule has 3 aromatic rings. The Labute approximate surface area is 150 Å². The van der Waals surface area contributed by atoms with Gasteiger partial charge in [-0.25, -0.2) is 4.98 Å². The van der Waals surface area contributed by atoms with Crippen LogP contribution in [0.15, 0.2) is 47.3 Å². The van der Waals surface area contributed by atoms with Crippen molar-refractivity contribution < 1.29 is 27.8 Å². The Morgan fingerprint density at radius 1 is 1.19 bits per heavy atom. The topological polar surface area (TPSA) is 92.3 Å². The molecule has 0 fully saturated rings. The molecule has 0 amide bonds. The highest BCUT2D eigenvalue weighted by Gasteiger charge is 2.34. The number of hydrogen-bond acceptors (Lipinski definition) is 5. The highest BCUT2D eigenvalue weighted by molar-refractivity contribution is 5.99. The van der Waals surface area contributed by atoms with E-state index in [4.69, 9.17) is 9.84 Å². The highest BCUT2D eigenvalue weighted by atomic mass is 19.4. The summed E-state index contributed by atoms with van der Waals surface area (Å²) in [7, 11) is 0. The van der Waals surface area contributed by atoms with Gasteiger partial charge in [0.15, 0.2) is 5.78 Å². The summed E-state index contributed by atoms with van der Waals surface area (Å²) >= 11 is 0. The number of carbonyl (C=O) groups is 1. The molecule has 140 valence electrons. The first kappa shape index (κ1) is 18.6. The number of aromatic nitrogens is 2. The molecule has 9 heteroatoms. The Balaban J connectivity index is 1.92. The molecule has 0 aliphatic heterocycles. The highest BCUT2D eigenvalue weighted by Crippen LogP contribution is 2.36. The van der Waals surface area contributed by atoms with Crippen molar-refractivity contribution in [3.63, 3.8) is 0 Å². The Morgan fingerprint density at radius 3 is 2.63 bits per heavy atom. The molecule has 2 N–H and O–H groups in total. The van der Waals surface area contributed by atoms with Crippen molar-refractivity contribution >= 4 is 16.7 Å². The fraction of sp³-hybridized carbons (Fsp3) is 0.167. The standard InChI is InChI=1S/C18H13F3N2O4/c19-18(20,21)12-3-1-2-4-15(12)27-9-16-22-13-7-10(14(25)8-24)5-6-11(13)17(26)23-16/h1-7,24H,8-9H2,(H,22,23,26). The molecule has 6 nitrogen and oxygen atoms in total. The molecule has 1 aromatic heterocycles. The fourth-order valence-electron chi connectivity index (χ4n) is 2.49. The van der Waals surface area contributed by atoms with E-state index in [1.54, 1.807) is 0 Å². The zero-order chi connectivity index (χ0) is 19.6. The van der Waals surface area contributed by atoms with Crippen LogP contribution in [0.25, 0.3) is 10.9 Å². The van der Waals surface area contributed by atoms with E-state index in [1.165, 1.54) is 36.4 Å². The zero-order valence-corrected chi connectivity index (χ0v) is 13.7. The first-order valence-electron chi connectivity index (χ1n) is 7.75. The molecule has 0 radical (unpaired) electrons. The maximum absolute atomic E-state index is 13.0. The van der Waals surface area contributed by atoms with E-state index in [0.717, 1.165) is 6.07 Å². The summed E-state index contributed by atoms with van der Waals surface area (Å²) in [4.78, 5) is 30.3. The number of aliphatic hydroxyl groups is 1. The molecule has 0 aliphatic rings. The Kier molecular flexibility index (Phi) is 4.95. The van der Waals surface area contributed by atoms with Gasteiger partial charge in [-0.15, -0.1) is 0 Å². The van der Waals surface area contributed by atoms with Crippen molar-refractivity contribution in [1.29, 1.82) is 0 Å². The number of hydrogen-bond donors (Lipinski definition) is 2. The molecular weight excluding hydrogens is 365 g/mol. The van der Waals surface area contributed by atoms with Gasteiger partial charge in [0.2, 0.25) is 0 Å². The van der Waals surface area contributed by atoms with Crippen LogP contribution in [0, 0.1) is 0 Å². The number of halogens is 3. The van der Waals surface area contributed by atoms with Gasteiger partial charge in [0.1, 0.15) is 24.8 Å². The Bertz CT molecular complexity index is 1060. The minimum absolute atomic E-state index is 0.00178. The third-order valence-electron chi connectivity index (χ3n) is 3.78. The van der Waals surface area contributed by atoms with Crippen molar-refractivity contribution in [3.8, 4) is 5.75 Å². The lowest BCUT2D eigenvalue weighted by Gasteiger charge is -2.13. The number of aliphatic hydroxyl groups excluding tert-OH is 1. The monoisotopic (exact) mass is 378 g/mol. The van der Waals surface area contributed by atoms with Gasteiger partial charge in [0.25, 0.3) is 5.56 Å². The number of nitrogens with zero attached hydrogens (tertiary/aromatic N) is 1. The first-order chi connectivity index (χ1) is 12.8. The van der Waals surface area contributed by atoms with E-state index in [1.807, 2.05) is 0 Å². The van der Waals surface area contributed by atoms with Gasteiger partial charge in [-0.1, -0.05) is 18.2 Å². The van der Waals surface area contributed by atoms with Gasteiger partial charge >= 0.3 is 6.18 Å². The van der Waals surface area contributed by atoms with Crippen LogP contribution in [0.5, 0.6) is 5.75 Å². The maximum atomic E-state index is 13.0. The van der Waals surface area contributed by atoms with Crippen LogP contribution < -0.4 is 10.3 Å². The lowest BCUT2D eigenvalue weighted by atomic mass is 10.1. The van der Waals surface area contributed by atoms with Crippen LogP contribution >= 0.6 is 0 Å². The number of nitrogens with one attached hydrogen (secondary N) is 1. The van der Waals surface area contributed by atoms with Gasteiger partial charge < -0.3 is 14.8 Å². The second-order valence-electron chi connectivity index (χ2n) is 5.61. The second-order valence-corrected chi connectivity index (χ2v) is 5.61. The van der Waals surface area contributed by atoms with E-state index in [9.17, 15) is 22.8 Å². The number of ether oxygens (including phenoxy) is 1. The van der Waals surface area contributed by atoms with Gasteiger partial charge in [0.05, 0.1) is 16.5 Å². The molecular formula is C18H13F3N2O4. The molecule has 27 heavy (non-hydrogen) atoms. The third kappa shape index (κ3) is 3.98. The molecule has 0 spiro atoms. The lowest BCUT2D eigenvalue weighted by Crippen LogP contribution is -2.15. The zero-order valence-electron chi connectivity index (χ0n) is 13.7. The van der Waals surface area contributed by atoms with Crippen molar-refractivity contribution in [1.82, 2.24) is 9.97 Å². The van der Waals surface area contributed by atoms with Crippen LogP contribution in [0.3, 0.4) is 0 Å². The average Bonchev–Trinajstić information content (AvgIpc) is 2.64.